The van der Waals surface area contributed by atoms with Gasteiger partial charge in [-0.2, -0.15) is 0 Å². The second kappa shape index (κ2) is 8.69. The fraction of sp³-hybridized carbons (Fsp3) is 0.450. The number of carbonyl (C=O) groups excluding carboxylic acids is 1. The topological polar surface area (TPSA) is 34.5 Å². The van der Waals surface area contributed by atoms with E-state index >= 15 is 0 Å². The van der Waals surface area contributed by atoms with E-state index < -0.39 is 0 Å². The summed E-state index contributed by atoms with van der Waals surface area (Å²) < 4.78 is 7.09. The lowest BCUT2D eigenvalue weighted by atomic mass is 10.1. The van der Waals surface area contributed by atoms with E-state index in [1.165, 1.54) is 23.9 Å². The highest BCUT2D eigenvalue weighted by molar-refractivity contribution is 5.71. The van der Waals surface area contributed by atoms with Crippen molar-refractivity contribution in [3.63, 3.8) is 0 Å². The largest absolute Gasteiger partial charge is 0.468 e. The summed E-state index contributed by atoms with van der Waals surface area (Å²) in [5.41, 5.74) is 3.83. The normalized spacial score (nSPS) is 11.2. The van der Waals surface area contributed by atoms with Gasteiger partial charge in [-0.25, -0.2) is 0 Å². The van der Waals surface area contributed by atoms with E-state index in [-0.39, 0.29) is 5.97 Å². The predicted octanol–water partition coefficient (Wildman–Crippen LogP) is 3.48. The van der Waals surface area contributed by atoms with Gasteiger partial charge in [-0.15, -0.1) is 0 Å². The zero-order chi connectivity index (χ0) is 17.5. The molecule has 2 rings (SSSR count). The van der Waals surface area contributed by atoms with Gasteiger partial charge in [0.05, 0.1) is 13.7 Å². The second-order valence-corrected chi connectivity index (χ2v) is 6.69. The fourth-order valence-electron chi connectivity index (χ4n) is 2.90. The first-order valence-corrected chi connectivity index (χ1v) is 8.47. The van der Waals surface area contributed by atoms with Crippen molar-refractivity contribution in [1.29, 1.82) is 0 Å². The standard InChI is InChI=1S/C20H28N2O2/c1-16(2)12-21(15-20(23)24-4)14-19-10-7-11-22(19)13-18-9-6-5-8-17(18)3/h5-11,16H,12-15H2,1-4H3. The van der Waals surface area contributed by atoms with Gasteiger partial charge < -0.3 is 9.30 Å². The number of methoxy groups -OCH3 is 1. The van der Waals surface area contributed by atoms with Crippen molar-refractivity contribution < 1.29 is 9.53 Å². The molecule has 0 amide bonds. The molecule has 0 unspecified atom stereocenters. The van der Waals surface area contributed by atoms with Crippen molar-refractivity contribution in [1.82, 2.24) is 9.47 Å². The number of carbonyl (C=O) groups is 1. The van der Waals surface area contributed by atoms with Crippen molar-refractivity contribution in [2.45, 2.75) is 33.9 Å². The molecule has 1 aromatic carbocycles. The fourth-order valence-corrected chi connectivity index (χ4v) is 2.90. The number of aryl methyl sites for hydroxylation is 1. The second-order valence-electron chi connectivity index (χ2n) is 6.69. The van der Waals surface area contributed by atoms with Crippen LogP contribution < -0.4 is 0 Å². The molecule has 1 aromatic heterocycles. The summed E-state index contributed by atoms with van der Waals surface area (Å²) in [5.74, 6) is 0.307. The van der Waals surface area contributed by atoms with Crippen molar-refractivity contribution in [2.75, 3.05) is 20.2 Å². The number of aromatic nitrogens is 1. The molecular formula is C20H28N2O2. The van der Waals surface area contributed by atoms with Crippen molar-refractivity contribution in [3.05, 3.63) is 59.4 Å². The number of nitrogens with zero attached hydrogens (tertiary/aromatic N) is 2. The van der Waals surface area contributed by atoms with Crippen LogP contribution in [0.5, 0.6) is 0 Å². The van der Waals surface area contributed by atoms with Gasteiger partial charge in [0.25, 0.3) is 0 Å². The molecule has 0 aliphatic heterocycles. The average Bonchev–Trinajstić information content (AvgIpc) is 2.95. The minimum Gasteiger partial charge on any atom is -0.468 e. The van der Waals surface area contributed by atoms with Crippen LogP contribution in [0.15, 0.2) is 42.6 Å². The molecule has 130 valence electrons. The van der Waals surface area contributed by atoms with Crippen molar-refractivity contribution in [2.24, 2.45) is 5.92 Å². The van der Waals surface area contributed by atoms with Crippen molar-refractivity contribution >= 4 is 5.97 Å². The molecule has 0 saturated carbocycles. The summed E-state index contributed by atoms with van der Waals surface area (Å²) in [5, 5.41) is 0. The van der Waals surface area contributed by atoms with Gasteiger partial charge in [-0.1, -0.05) is 38.1 Å². The summed E-state index contributed by atoms with van der Waals surface area (Å²) in [4.78, 5) is 13.8. The lowest BCUT2D eigenvalue weighted by Gasteiger charge is -2.24. The SMILES string of the molecule is COC(=O)CN(Cc1cccn1Cc1ccccc1C)CC(C)C. The van der Waals surface area contributed by atoms with Crippen LogP contribution in [0.3, 0.4) is 0 Å². The van der Waals surface area contributed by atoms with Crippen LogP contribution in [0.4, 0.5) is 0 Å². The molecule has 4 nitrogen and oxygen atoms in total. The quantitative estimate of drug-likeness (QED) is 0.696. The molecular weight excluding hydrogens is 300 g/mol. The van der Waals surface area contributed by atoms with Crippen LogP contribution >= 0.6 is 0 Å². The number of esters is 1. The van der Waals surface area contributed by atoms with E-state index in [2.05, 4.69) is 72.8 Å². The first-order valence-electron chi connectivity index (χ1n) is 8.47. The number of rotatable bonds is 8. The maximum atomic E-state index is 11.7. The smallest absolute Gasteiger partial charge is 0.319 e. The van der Waals surface area contributed by atoms with E-state index in [4.69, 9.17) is 4.74 Å². The third-order valence-electron chi connectivity index (χ3n) is 4.11. The van der Waals surface area contributed by atoms with Gasteiger partial charge in [-0.05, 0) is 36.1 Å². The Morgan fingerprint density at radius 3 is 2.62 bits per heavy atom. The minimum absolute atomic E-state index is 0.187. The minimum atomic E-state index is -0.187. The Balaban J connectivity index is 2.12. The first kappa shape index (κ1) is 18.3. The Morgan fingerprint density at radius 2 is 1.96 bits per heavy atom. The third-order valence-corrected chi connectivity index (χ3v) is 4.11. The van der Waals surface area contributed by atoms with E-state index in [1.807, 2.05) is 0 Å². The number of hydrogen-bond donors (Lipinski definition) is 0. The lowest BCUT2D eigenvalue weighted by molar-refractivity contribution is -0.142. The zero-order valence-electron chi connectivity index (χ0n) is 15.2. The molecule has 4 heteroatoms. The summed E-state index contributed by atoms with van der Waals surface area (Å²) in [7, 11) is 1.44. The van der Waals surface area contributed by atoms with Crippen LogP contribution in [0, 0.1) is 12.8 Å². The highest BCUT2D eigenvalue weighted by Gasteiger charge is 2.15. The molecule has 0 fully saturated rings. The Labute approximate surface area is 145 Å². The molecule has 0 atom stereocenters. The summed E-state index contributed by atoms with van der Waals surface area (Å²) in [6.07, 6.45) is 2.10. The van der Waals surface area contributed by atoms with E-state index in [0.717, 1.165) is 19.6 Å². The maximum absolute atomic E-state index is 11.7. The van der Waals surface area contributed by atoms with E-state index in [0.29, 0.717) is 12.5 Å². The predicted molar refractivity (Wildman–Crippen MR) is 96.8 cm³/mol. The molecule has 0 radical (unpaired) electrons. The summed E-state index contributed by atoms with van der Waals surface area (Å²) >= 11 is 0. The monoisotopic (exact) mass is 328 g/mol. The van der Waals surface area contributed by atoms with Gasteiger partial charge in [-0.3, -0.25) is 9.69 Å². The Hall–Kier alpha value is -2.07. The highest BCUT2D eigenvalue weighted by atomic mass is 16.5. The zero-order valence-corrected chi connectivity index (χ0v) is 15.2. The van der Waals surface area contributed by atoms with Crippen molar-refractivity contribution in [3.8, 4) is 0 Å². The maximum Gasteiger partial charge on any atom is 0.319 e. The summed E-state index contributed by atoms with van der Waals surface area (Å²) in [6, 6.07) is 12.6. The van der Waals surface area contributed by atoms with Gasteiger partial charge in [0.2, 0.25) is 0 Å². The molecule has 24 heavy (non-hydrogen) atoms. The molecule has 0 spiro atoms. The molecule has 0 aliphatic rings. The molecule has 2 aromatic rings. The van der Waals surface area contributed by atoms with Crippen LogP contribution in [-0.4, -0.2) is 35.6 Å². The van der Waals surface area contributed by atoms with E-state index in [9.17, 15) is 4.79 Å². The van der Waals surface area contributed by atoms with Gasteiger partial charge in [0.15, 0.2) is 0 Å². The molecule has 0 saturated heterocycles. The highest BCUT2D eigenvalue weighted by Crippen LogP contribution is 2.14. The molecule has 0 N–H and O–H groups in total. The molecule has 0 aliphatic carbocycles. The van der Waals surface area contributed by atoms with Crippen LogP contribution in [0.25, 0.3) is 0 Å². The van der Waals surface area contributed by atoms with Gasteiger partial charge >= 0.3 is 5.97 Å². The van der Waals surface area contributed by atoms with E-state index in [1.54, 1.807) is 0 Å². The Kier molecular flexibility index (Phi) is 6.62. The number of benzene rings is 1. The van der Waals surface area contributed by atoms with Gasteiger partial charge in [0.1, 0.15) is 0 Å². The van der Waals surface area contributed by atoms with Crippen LogP contribution in [0.1, 0.15) is 30.7 Å². The number of ether oxygens (including phenoxy) is 1. The van der Waals surface area contributed by atoms with Crippen LogP contribution in [0.2, 0.25) is 0 Å². The lowest BCUT2D eigenvalue weighted by Crippen LogP contribution is -2.33. The Bertz CT molecular complexity index is 661. The molecule has 1 heterocycles. The number of hydrogen-bond acceptors (Lipinski definition) is 3. The first-order chi connectivity index (χ1) is 11.5. The Morgan fingerprint density at radius 1 is 1.21 bits per heavy atom. The molecule has 0 bridgehead atoms. The van der Waals surface area contributed by atoms with Gasteiger partial charge in [0, 0.05) is 31.5 Å². The average molecular weight is 328 g/mol. The summed E-state index contributed by atoms with van der Waals surface area (Å²) in [6.45, 7) is 9.25. The third kappa shape index (κ3) is 5.24. The van der Waals surface area contributed by atoms with Crippen LogP contribution in [-0.2, 0) is 22.6 Å².